The summed E-state index contributed by atoms with van der Waals surface area (Å²) in [6.07, 6.45) is 1.20. The van der Waals surface area contributed by atoms with Crippen LogP contribution in [-0.4, -0.2) is 12.6 Å². The van der Waals surface area contributed by atoms with Crippen LogP contribution >= 0.6 is 0 Å². The third kappa shape index (κ3) is 1.49. The van der Waals surface area contributed by atoms with Crippen molar-refractivity contribution < 1.29 is 4.90 Å². The van der Waals surface area contributed by atoms with Crippen molar-refractivity contribution in [1.82, 2.24) is 0 Å². The number of benzene rings is 1. The Kier molecular flexibility index (Phi) is 1.92. The van der Waals surface area contributed by atoms with E-state index in [-0.39, 0.29) is 0 Å². The van der Waals surface area contributed by atoms with Gasteiger partial charge in [-0.2, -0.15) is 0 Å². The van der Waals surface area contributed by atoms with E-state index >= 15 is 0 Å². The second-order valence-electron chi connectivity index (χ2n) is 4.79. The summed E-state index contributed by atoms with van der Waals surface area (Å²) >= 11 is 0. The number of quaternary nitrogens is 1. The number of rotatable bonds is 0. The molecule has 1 aliphatic rings. The van der Waals surface area contributed by atoms with Crippen LogP contribution in [0.15, 0.2) is 24.3 Å². The molecule has 70 valence electrons. The summed E-state index contributed by atoms with van der Waals surface area (Å²) in [6.45, 7) is 5.86. The minimum Gasteiger partial charge on any atom is -0.329 e. The van der Waals surface area contributed by atoms with E-state index in [0.29, 0.717) is 5.54 Å². The third-order valence-electron chi connectivity index (χ3n) is 3.36. The molecule has 1 unspecified atom stereocenters. The molecule has 1 heterocycles. The van der Waals surface area contributed by atoms with E-state index in [1.807, 2.05) is 0 Å². The van der Waals surface area contributed by atoms with Gasteiger partial charge in [0, 0.05) is 12.0 Å². The molecule has 0 aliphatic carbocycles. The van der Waals surface area contributed by atoms with Crippen LogP contribution in [0.3, 0.4) is 0 Å². The Morgan fingerprint density at radius 2 is 1.77 bits per heavy atom. The van der Waals surface area contributed by atoms with Crippen LogP contribution in [0.25, 0.3) is 0 Å². The van der Waals surface area contributed by atoms with Gasteiger partial charge in [0.2, 0.25) is 0 Å². The molecule has 1 nitrogen and oxygen atoms in total. The van der Waals surface area contributed by atoms with E-state index in [1.165, 1.54) is 24.1 Å². The molecular weight excluding hydrogens is 158 g/mol. The molecular formula is C12H18N+. The molecule has 0 bridgehead atoms. The fourth-order valence-corrected chi connectivity index (χ4v) is 2.05. The van der Waals surface area contributed by atoms with E-state index in [2.05, 4.69) is 45.2 Å². The number of fused-ring (bicyclic) bond motifs is 1. The van der Waals surface area contributed by atoms with Crippen molar-refractivity contribution in [3.63, 3.8) is 0 Å². The van der Waals surface area contributed by atoms with Crippen molar-refractivity contribution in [3.05, 3.63) is 35.4 Å². The van der Waals surface area contributed by atoms with E-state index in [4.69, 9.17) is 0 Å². The zero-order valence-corrected chi connectivity index (χ0v) is 8.72. The first kappa shape index (κ1) is 8.76. The molecule has 0 fully saturated rings. The quantitative estimate of drug-likeness (QED) is 0.602. The van der Waals surface area contributed by atoms with Crippen molar-refractivity contribution in [2.45, 2.75) is 32.4 Å². The molecule has 1 atom stereocenters. The molecule has 1 aliphatic heterocycles. The maximum absolute atomic E-state index is 2.35. The van der Waals surface area contributed by atoms with Crippen LogP contribution in [0.4, 0.5) is 0 Å². The molecule has 13 heavy (non-hydrogen) atoms. The topological polar surface area (TPSA) is 4.44 Å². The lowest BCUT2D eigenvalue weighted by molar-refractivity contribution is -0.945. The summed E-state index contributed by atoms with van der Waals surface area (Å²) < 4.78 is 0. The maximum atomic E-state index is 2.35. The Morgan fingerprint density at radius 3 is 2.46 bits per heavy atom. The van der Waals surface area contributed by atoms with Gasteiger partial charge in [0.05, 0.1) is 12.6 Å². The Balaban J connectivity index is 2.39. The highest BCUT2D eigenvalue weighted by molar-refractivity contribution is 5.28. The summed E-state index contributed by atoms with van der Waals surface area (Å²) in [4.78, 5) is 1.62. The smallest absolute Gasteiger partial charge is 0.103 e. The van der Waals surface area contributed by atoms with Gasteiger partial charge in [-0.1, -0.05) is 24.3 Å². The normalized spacial score (nSPS) is 25.3. The summed E-state index contributed by atoms with van der Waals surface area (Å²) in [5.41, 5.74) is 3.46. The first-order chi connectivity index (χ1) is 6.09. The van der Waals surface area contributed by atoms with Crippen molar-refractivity contribution in [3.8, 4) is 0 Å². The Morgan fingerprint density at radius 1 is 1.15 bits per heavy atom. The van der Waals surface area contributed by atoms with Gasteiger partial charge >= 0.3 is 0 Å². The van der Waals surface area contributed by atoms with E-state index in [1.54, 1.807) is 4.90 Å². The molecule has 0 spiro atoms. The second-order valence-corrected chi connectivity index (χ2v) is 4.79. The van der Waals surface area contributed by atoms with Crippen LogP contribution in [0.5, 0.6) is 0 Å². The van der Waals surface area contributed by atoms with Gasteiger partial charge in [0.25, 0.3) is 0 Å². The molecule has 0 aromatic heterocycles. The zero-order valence-electron chi connectivity index (χ0n) is 8.72. The van der Waals surface area contributed by atoms with Gasteiger partial charge in [-0.15, -0.1) is 0 Å². The highest BCUT2D eigenvalue weighted by Crippen LogP contribution is 2.18. The van der Waals surface area contributed by atoms with Crippen molar-refractivity contribution in [1.29, 1.82) is 0 Å². The van der Waals surface area contributed by atoms with Crippen molar-refractivity contribution >= 4 is 0 Å². The summed E-state index contributed by atoms with van der Waals surface area (Å²) in [7, 11) is 2.29. The number of nitrogens with one attached hydrogen (secondary N) is 1. The SMILES string of the molecule is C[NH+]1Cc2ccccc2CC1(C)C. The number of likely N-dealkylation sites (N-methyl/N-ethyl adjacent to an activating group) is 1. The van der Waals surface area contributed by atoms with E-state index in [0.717, 1.165) is 0 Å². The summed E-state index contributed by atoms with van der Waals surface area (Å²) in [5, 5.41) is 0. The average Bonchev–Trinajstić information content (AvgIpc) is 2.06. The third-order valence-corrected chi connectivity index (χ3v) is 3.36. The Hall–Kier alpha value is -0.820. The van der Waals surface area contributed by atoms with E-state index < -0.39 is 0 Å². The molecule has 1 aromatic rings. The van der Waals surface area contributed by atoms with Gasteiger partial charge in [0.1, 0.15) is 6.54 Å². The van der Waals surface area contributed by atoms with Crippen LogP contribution in [0.1, 0.15) is 25.0 Å². The molecule has 1 N–H and O–H groups in total. The summed E-state index contributed by atoms with van der Waals surface area (Å²) in [6, 6.07) is 8.82. The minimum absolute atomic E-state index is 0.397. The Bertz CT molecular complexity index is 315. The molecule has 1 aromatic carbocycles. The summed E-state index contributed by atoms with van der Waals surface area (Å²) in [5.74, 6) is 0. The predicted molar refractivity (Wildman–Crippen MR) is 54.8 cm³/mol. The largest absolute Gasteiger partial charge is 0.329 e. The van der Waals surface area contributed by atoms with Crippen molar-refractivity contribution in [2.75, 3.05) is 7.05 Å². The molecule has 0 saturated heterocycles. The lowest BCUT2D eigenvalue weighted by Gasteiger charge is -2.37. The Labute approximate surface area is 80.4 Å². The first-order valence-corrected chi connectivity index (χ1v) is 4.99. The van der Waals surface area contributed by atoms with Crippen LogP contribution < -0.4 is 4.90 Å². The standard InChI is InChI=1S/C12H17N/c1-12(2)8-10-6-4-5-7-11(10)9-13(12)3/h4-7H,8-9H2,1-3H3/p+1. The zero-order chi connectivity index (χ0) is 9.47. The average molecular weight is 176 g/mol. The van der Waals surface area contributed by atoms with E-state index in [9.17, 15) is 0 Å². The fraction of sp³-hybridized carbons (Fsp3) is 0.500. The van der Waals surface area contributed by atoms with Gasteiger partial charge in [-0.05, 0) is 19.4 Å². The van der Waals surface area contributed by atoms with Crippen molar-refractivity contribution in [2.24, 2.45) is 0 Å². The molecule has 0 radical (unpaired) electrons. The lowest BCUT2D eigenvalue weighted by atomic mass is 9.86. The van der Waals surface area contributed by atoms with Gasteiger partial charge in [0.15, 0.2) is 0 Å². The minimum atomic E-state index is 0.397. The molecule has 2 rings (SSSR count). The van der Waals surface area contributed by atoms with Crippen LogP contribution in [0, 0.1) is 0 Å². The monoisotopic (exact) mass is 176 g/mol. The van der Waals surface area contributed by atoms with Crippen LogP contribution in [-0.2, 0) is 13.0 Å². The highest BCUT2D eigenvalue weighted by Gasteiger charge is 2.33. The fourth-order valence-electron chi connectivity index (χ4n) is 2.05. The number of hydrogen-bond acceptors (Lipinski definition) is 0. The molecule has 0 saturated carbocycles. The highest BCUT2D eigenvalue weighted by atomic mass is 15.2. The molecule has 1 heteroatoms. The van der Waals surface area contributed by atoms with Crippen LogP contribution in [0.2, 0.25) is 0 Å². The van der Waals surface area contributed by atoms with Gasteiger partial charge in [-0.3, -0.25) is 0 Å². The predicted octanol–water partition coefficient (Wildman–Crippen LogP) is 1.04. The second kappa shape index (κ2) is 2.85. The molecule has 0 amide bonds. The number of hydrogen-bond donors (Lipinski definition) is 1. The lowest BCUT2D eigenvalue weighted by Crippen LogP contribution is -3.16. The maximum Gasteiger partial charge on any atom is 0.103 e. The van der Waals surface area contributed by atoms with Gasteiger partial charge in [-0.25, -0.2) is 0 Å². The van der Waals surface area contributed by atoms with Gasteiger partial charge < -0.3 is 4.90 Å². The first-order valence-electron chi connectivity index (χ1n) is 4.99.